The van der Waals surface area contributed by atoms with E-state index in [-0.39, 0.29) is 17.6 Å². The normalized spacial score (nSPS) is 13.5. The number of ketones is 1. The number of carbonyl (C=O) groups excluding carboxylic acids is 1. The van der Waals surface area contributed by atoms with Crippen molar-refractivity contribution in [3.05, 3.63) is 56.1 Å². The van der Waals surface area contributed by atoms with Crippen molar-refractivity contribution in [1.82, 2.24) is 9.97 Å². The molecule has 0 radical (unpaired) electrons. The molecule has 0 aromatic carbocycles. The first-order valence-corrected chi connectivity index (χ1v) is 9.82. The highest BCUT2D eigenvalue weighted by molar-refractivity contribution is 6.32. The summed E-state index contributed by atoms with van der Waals surface area (Å²) in [5.74, 6) is -0.661. The molecule has 0 aliphatic carbocycles. The maximum atomic E-state index is 13.2. The molecule has 26 heavy (non-hydrogen) atoms. The molecule has 0 saturated heterocycles. The summed E-state index contributed by atoms with van der Waals surface area (Å²) >= 11 is 12.9. The van der Waals surface area contributed by atoms with Crippen LogP contribution in [0.25, 0.3) is 0 Å². The van der Waals surface area contributed by atoms with Gasteiger partial charge in [0, 0.05) is 55.8 Å². The van der Waals surface area contributed by atoms with Crippen LogP contribution in [0.4, 0.5) is 0 Å². The van der Waals surface area contributed by atoms with E-state index >= 15 is 0 Å². The van der Waals surface area contributed by atoms with Crippen LogP contribution in [-0.2, 0) is 17.6 Å². The molecule has 140 valence electrons. The van der Waals surface area contributed by atoms with Gasteiger partial charge < -0.3 is 0 Å². The largest absolute Gasteiger partial charge is 0.298 e. The fourth-order valence-electron chi connectivity index (χ4n) is 3.47. The quantitative estimate of drug-likeness (QED) is 0.604. The van der Waals surface area contributed by atoms with E-state index in [1.807, 2.05) is 53.7 Å². The van der Waals surface area contributed by atoms with Crippen LogP contribution in [0, 0.1) is 13.8 Å². The van der Waals surface area contributed by atoms with Gasteiger partial charge in [-0.05, 0) is 38.8 Å². The van der Waals surface area contributed by atoms with E-state index < -0.39 is 0 Å². The van der Waals surface area contributed by atoms with Crippen LogP contribution >= 0.6 is 23.2 Å². The second kappa shape index (κ2) is 8.49. The number of halogens is 2. The zero-order chi connectivity index (χ0) is 19.6. The van der Waals surface area contributed by atoms with E-state index in [0.717, 1.165) is 46.7 Å². The summed E-state index contributed by atoms with van der Waals surface area (Å²) in [6.45, 7) is 11.7. The number of Topliss-reactive ketones (excluding diaryl/α,β-unsaturated/α-hetero) is 1. The SMILES string of the molecule is CCc1cc(Cl)c(C(C)C(=O)C(C)c2c(Cl)cc(CC)nc2C)c(C)n1. The number of aryl methyl sites for hydroxylation is 4. The van der Waals surface area contributed by atoms with Gasteiger partial charge in [0.2, 0.25) is 0 Å². The van der Waals surface area contributed by atoms with Crippen molar-refractivity contribution in [2.45, 2.75) is 66.2 Å². The number of hydrogen-bond donors (Lipinski definition) is 0. The Kier molecular flexibility index (Phi) is 6.81. The van der Waals surface area contributed by atoms with Gasteiger partial charge in [-0.3, -0.25) is 14.8 Å². The molecule has 0 amide bonds. The summed E-state index contributed by atoms with van der Waals surface area (Å²) in [5.41, 5.74) is 5.08. The van der Waals surface area contributed by atoms with Crippen LogP contribution in [0.15, 0.2) is 12.1 Å². The average molecular weight is 393 g/mol. The Balaban J connectivity index is 2.40. The second-order valence-electron chi connectivity index (χ2n) is 6.74. The van der Waals surface area contributed by atoms with E-state index in [1.165, 1.54) is 0 Å². The van der Waals surface area contributed by atoms with Crippen LogP contribution in [0.2, 0.25) is 10.0 Å². The minimum Gasteiger partial charge on any atom is -0.298 e. The number of nitrogens with zero attached hydrogens (tertiary/aromatic N) is 2. The molecule has 2 aromatic heterocycles. The van der Waals surface area contributed by atoms with Crippen LogP contribution < -0.4 is 0 Å². The molecule has 5 heteroatoms. The molecular formula is C21H26Cl2N2O. The van der Waals surface area contributed by atoms with Gasteiger partial charge in [-0.1, -0.05) is 50.9 Å². The Bertz CT molecular complexity index is 719. The molecule has 0 aliphatic rings. The highest BCUT2D eigenvalue weighted by atomic mass is 35.5. The van der Waals surface area contributed by atoms with Crippen molar-refractivity contribution in [3.63, 3.8) is 0 Å². The Morgan fingerprint density at radius 1 is 0.885 bits per heavy atom. The summed E-state index contributed by atoms with van der Waals surface area (Å²) in [4.78, 5) is 22.3. The van der Waals surface area contributed by atoms with Crippen LogP contribution in [0.3, 0.4) is 0 Å². The van der Waals surface area contributed by atoms with Crippen LogP contribution in [0.5, 0.6) is 0 Å². The van der Waals surface area contributed by atoms with Gasteiger partial charge in [0.25, 0.3) is 0 Å². The first-order valence-electron chi connectivity index (χ1n) is 9.06. The van der Waals surface area contributed by atoms with E-state index in [2.05, 4.69) is 9.97 Å². The third-order valence-corrected chi connectivity index (χ3v) is 5.57. The van der Waals surface area contributed by atoms with Crippen molar-refractivity contribution in [2.75, 3.05) is 0 Å². The third-order valence-electron chi connectivity index (χ3n) is 4.95. The number of pyridine rings is 2. The lowest BCUT2D eigenvalue weighted by Crippen LogP contribution is -2.20. The predicted molar refractivity (Wildman–Crippen MR) is 109 cm³/mol. The maximum Gasteiger partial charge on any atom is 0.147 e. The van der Waals surface area contributed by atoms with Gasteiger partial charge in [0.05, 0.1) is 0 Å². The Hall–Kier alpha value is -1.45. The van der Waals surface area contributed by atoms with Gasteiger partial charge >= 0.3 is 0 Å². The summed E-state index contributed by atoms with van der Waals surface area (Å²) in [6.07, 6.45) is 1.62. The minimum atomic E-state index is -0.364. The standard InChI is InChI=1S/C21H26Cl2N2O/c1-7-15-9-17(22)19(13(5)24-15)11(3)21(26)12(4)20-14(6)25-16(8-2)10-18(20)23/h9-12H,7-8H2,1-6H3. The zero-order valence-corrected chi connectivity index (χ0v) is 17.8. The molecule has 2 heterocycles. The molecule has 2 aromatic rings. The van der Waals surface area contributed by atoms with Crippen molar-refractivity contribution in [2.24, 2.45) is 0 Å². The highest BCUT2D eigenvalue weighted by Gasteiger charge is 2.29. The molecule has 0 N–H and O–H groups in total. The zero-order valence-electron chi connectivity index (χ0n) is 16.3. The summed E-state index contributed by atoms with van der Waals surface area (Å²) in [6, 6.07) is 3.71. The molecule has 0 aliphatic heterocycles. The van der Waals surface area contributed by atoms with Gasteiger partial charge in [-0.15, -0.1) is 0 Å². The third kappa shape index (κ3) is 4.10. The number of carbonyl (C=O) groups is 1. The lowest BCUT2D eigenvalue weighted by atomic mass is 9.84. The molecular weight excluding hydrogens is 367 g/mol. The molecule has 0 saturated carbocycles. The smallest absolute Gasteiger partial charge is 0.147 e. The first-order chi connectivity index (χ1) is 12.2. The lowest BCUT2D eigenvalue weighted by Gasteiger charge is -2.22. The molecule has 0 spiro atoms. The summed E-state index contributed by atoms with van der Waals surface area (Å²) in [7, 11) is 0. The molecule has 2 rings (SSSR count). The maximum absolute atomic E-state index is 13.2. The van der Waals surface area contributed by atoms with E-state index in [0.29, 0.717) is 10.0 Å². The predicted octanol–water partition coefficient (Wildman–Crippen LogP) is 6.00. The second-order valence-corrected chi connectivity index (χ2v) is 7.56. The number of rotatable bonds is 6. The Labute approximate surface area is 166 Å². The average Bonchev–Trinajstić information content (AvgIpc) is 2.59. The number of hydrogen-bond acceptors (Lipinski definition) is 3. The summed E-state index contributed by atoms with van der Waals surface area (Å²) in [5, 5.41) is 1.20. The first kappa shape index (κ1) is 20.9. The van der Waals surface area contributed by atoms with Crippen LogP contribution in [0.1, 0.15) is 73.4 Å². The van der Waals surface area contributed by atoms with Gasteiger partial charge in [0.1, 0.15) is 5.78 Å². The van der Waals surface area contributed by atoms with Crippen molar-refractivity contribution >= 4 is 29.0 Å². The molecule has 2 unspecified atom stereocenters. The fraction of sp³-hybridized carbons (Fsp3) is 0.476. The Morgan fingerprint density at radius 2 is 1.23 bits per heavy atom. The fourth-order valence-corrected chi connectivity index (χ4v) is 4.32. The molecule has 3 nitrogen and oxygen atoms in total. The van der Waals surface area contributed by atoms with Gasteiger partial charge in [-0.2, -0.15) is 0 Å². The summed E-state index contributed by atoms with van der Waals surface area (Å²) < 4.78 is 0. The van der Waals surface area contributed by atoms with Crippen LogP contribution in [-0.4, -0.2) is 15.8 Å². The van der Waals surface area contributed by atoms with Crippen molar-refractivity contribution < 1.29 is 4.79 Å². The van der Waals surface area contributed by atoms with Gasteiger partial charge in [-0.25, -0.2) is 0 Å². The molecule has 2 atom stereocenters. The molecule has 0 bridgehead atoms. The topological polar surface area (TPSA) is 42.9 Å². The van der Waals surface area contributed by atoms with Crippen molar-refractivity contribution in [1.29, 1.82) is 0 Å². The number of aromatic nitrogens is 2. The minimum absolute atomic E-state index is 0.0668. The van der Waals surface area contributed by atoms with E-state index in [9.17, 15) is 4.79 Å². The monoisotopic (exact) mass is 392 g/mol. The lowest BCUT2D eigenvalue weighted by molar-refractivity contribution is -0.121. The highest BCUT2D eigenvalue weighted by Crippen LogP contribution is 2.35. The molecule has 0 fully saturated rings. The Morgan fingerprint density at radius 3 is 1.50 bits per heavy atom. The van der Waals surface area contributed by atoms with Gasteiger partial charge in [0.15, 0.2) is 0 Å². The van der Waals surface area contributed by atoms with E-state index in [4.69, 9.17) is 23.2 Å². The van der Waals surface area contributed by atoms with Crippen molar-refractivity contribution in [3.8, 4) is 0 Å². The van der Waals surface area contributed by atoms with E-state index in [1.54, 1.807) is 0 Å².